The second kappa shape index (κ2) is 6.22. The minimum Gasteiger partial charge on any atom is -0.374 e. The zero-order valence-electron chi connectivity index (χ0n) is 12.1. The van der Waals surface area contributed by atoms with Crippen molar-refractivity contribution >= 4 is 21.4 Å². The van der Waals surface area contributed by atoms with E-state index in [1.807, 2.05) is 11.3 Å². The highest BCUT2D eigenvalue weighted by molar-refractivity contribution is 7.17. The second-order valence-electron chi connectivity index (χ2n) is 5.39. The quantitative estimate of drug-likeness (QED) is 0.937. The summed E-state index contributed by atoms with van der Waals surface area (Å²) in [6.45, 7) is 5.95. The summed E-state index contributed by atoms with van der Waals surface area (Å²) in [5.74, 6) is 0. The van der Waals surface area contributed by atoms with Crippen LogP contribution < -0.4 is 5.32 Å². The smallest absolute Gasteiger partial charge is 0.0897 e. The zero-order valence-corrected chi connectivity index (χ0v) is 13.0. The molecule has 1 aromatic carbocycles. The number of nitrogens with one attached hydrogen (secondary N) is 1. The fourth-order valence-corrected chi connectivity index (χ4v) is 3.89. The van der Waals surface area contributed by atoms with Gasteiger partial charge in [0, 0.05) is 17.8 Å². The Balaban J connectivity index is 1.95. The molecule has 2 aromatic rings. The van der Waals surface area contributed by atoms with Gasteiger partial charge >= 0.3 is 0 Å². The van der Waals surface area contributed by atoms with E-state index in [1.54, 1.807) is 0 Å². The van der Waals surface area contributed by atoms with Crippen LogP contribution in [0.25, 0.3) is 10.1 Å². The molecule has 1 fully saturated rings. The van der Waals surface area contributed by atoms with Crippen LogP contribution in [0.2, 0.25) is 0 Å². The summed E-state index contributed by atoms with van der Waals surface area (Å²) in [6, 6.07) is 9.04. The molecule has 2 unspecified atom stereocenters. The van der Waals surface area contributed by atoms with Crippen LogP contribution in [0.1, 0.15) is 18.5 Å². The normalized spacial score (nSPS) is 22.2. The highest BCUT2D eigenvalue weighted by atomic mass is 32.1. The van der Waals surface area contributed by atoms with Crippen LogP contribution in [-0.2, 0) is 4.74 Å². The van der Waals surface area contributed by atoms with E-state index in [0.29, 0.717) is 0 Å². The first-order chi connectivity index (χ1) is 9.79. The van der Waals surface area contributed by atoms with Crippen LogP contribution in [0.4, 0.5) is 0 Å². The zero-order chi connectivity index (χ0) is 13.9. The van der Waals surface area contributed by atoms with Gasteiger partial charge in [0.25, 0.3) is 0 Å². The van der Waals surface area contributed by atoms with Gasteiger partial charge in [-0.1, -0.05) is 25.1 Å². The second-order valence-corrected chi connectivity index (χ2v) is 6.31. The maximum Gasteiger partial charge on any atom is 0.0897 e. The van der Waals surface area contributed by atoms with Gasteiger partial charge in [0.2, 0.25) is 0 Å². The maximum absolute atomic E-state index is 6.04. The molecule has 4 heteroatoms. The summed E-state index contributed by atoms with van der Waals surface area (Å²) < 4.78 is 7.43. The third kappa shape index (κ3) is 2.74. The van der Waals surface area contributed by atoms with Crippen molar-refractivity contribution in [3.63, 3.8) is 0 Å². The summed E-state index contributed by atoms with van der Waals surface area (Å²) in [6.07, 6.45) is 0.224. The van der Waals surface area contributed by atoms with Crippen molar-refractivity contribution in [2.24, 2.45) is 0 Å². The third-order valence-corrected chi connectivity index (χ3v) is 4.92. The molecule has 2 atom stereocenters. The standard InChI is InChI=1S/C16H22N2OS/c1-3-17-15(14-11-18(2)8-9-19-14)13-6-4-5-12-7-10-20-16(12)13/h4-7,10,14-15,17H,3,8-9,11H2,1-2H3. The van der Waals surface area contributed by atoms with Crippen molar-refractivity contribution < 1.29 is 4.74 Å². The van der Waals surface area contributed by atoms with Gasteiger partial charge in [0.15, 0.2) is 0 Å². The van der Waals surface area contributed by atoms with Gasteiger partial charge in [-0.05, 0) is 36.0 Å². The van der Waals surface area contributed by atoms with Crippen molar-refractivity contribution in [1.82, 2.24) is 10.2 Å². The van der Waals surface area contributed by atoms with E-state index in [-0.39, 0.29) is 12.1 Å². The van der Waals surface area contributed by atoms with E-state index in [1.165, 1.54) is 15.6 Å². The molecule has 3 rings (SSSR count). The molecular weight excluding hydrogens is 268 g/mol. The lowest BCUT2D eigenvalue weighted by molar-refractivity contribution is -0.0387. The van der Waals surface area contributed by atoms with E-state index < -0.39 is 0 Å². The molecular formula is C16H22N2OS. The van der Waals surface area contributed by atoms with Crippen LogP contribution in [0.15, 0.2) is 29.6 Å². The molecule has 3 nitrogen and oxygen atoms in total. The summed E-state index contributed by atoms with van der Waals surface area (Å²) >= 11 is 1.82. The number of likely N-dealkylation sites (N-methyl/N-ethyl adjacent to an activating group) is 2. The Kier molecular flexibility index (Phi) is 4.36. The van der Waals surface area contributed by atoms with Crippen LogP contribution in [0.5, 0.6) is 0 Å². The Morgan fingerprint density at radius 3 is 3.15 bits per heavy atom. The number of fused-ring (bicyclic) bond motifs is 1. The molecule has 0 bridgehead atoms. The SMILES string of the molecule is CCNC(c1cccc2ccsc12)C1CN(C)CCO1. The Hall–Kier alpha value is -0.940. The first-order valence-corrected chi connectivity index (χ1v) is 8.17. The molecule has 0 spiro atoms. The molecule has 2 heterocycles. The van der Waals surface area contributed by atoms with Gasteiger partial charge in [-0.25, -0.2) is 0 Å². The van der Waals surface area contributed by atoms with E-state index >= 15 is 0 Å². The fraction of sp³-hybridized carbons (Fsp3) is 0.500. The molecule has 108 valence electrons. The Morgan fingerprint density at radius 2 is 2.35 bits per heavy atom. The predicted molar refractivity (Wildman–Crippen MR) is 85.5 cm³/mol. The van der Waals surface area contributed by atoms with Gasteiger partial charge in [0.1, 0.15) is 0 Å². The van der Waals surface area contributed by atoms with Crippen molar-refractivity contribution in [1.29, 1.82) is 0 Å². The largest absolute Gasteiger partial charge is 0.374 e. The monoisotopic (exact) mass is 290 g/mol. The average molecular weight is 290 g/mol. The molecule has 1 aromatic heterocycles. The first-order valence-electron chi connectivity index (χ1n) is 7.29. The number of morpholine rings is 1. The van der Waals surface area contributed by atoms with E-state index in [2.05, 4.69) is 53.8 Å². The van der Waals surface area contributed by atoms with Gasteiger partial charge in [-0.3, -0.25) is 0 Å². The maximum atomic E-state index is 6.04. The Bertz CT molecular complexity index is 568. The fourth-order valence-electron chi connectivity index (χ4n) is 2.94. The summed E-state index contributed by atoms with van der Waals surface area (Å²) in [5, 5.41) is 7.13. The van der Waals surface area contributed by atoms with Crippen molar-refractivity contribution in [2.45, 2.75) is 19.1 Å². The number of rotatable bonds is 4. The van der Waals surface area contributed by atoms with Crippen LogP contribution >= 0.6 is 11.3 Å². The number of benzene rings is 1. The molecule has 1 aliphatic rings. The predicted octanol–water partition coefficient (Wildman–Crippen LogP) is 2.88. The third-order valence-electron chi connectivity index (χ3n) is 3.94. The minimum absolute atomic E-state index is 0.224. The average Bonchev–Trinajstić information content (AvgIpc) is 2.93. The number of hydrogen-bond donors (Lipinski definition) is 1. The molecule has 0 amide bonds. The van der Waals surface area contributed by atoms with Gasteiger partial charge in [-0.2, -0.15) is 0 Å². The Morgan fingerprint density at radius 1 is 1.45 bits per heavy atom. The topological polar surface area (TPSA) is 24.5 Å². The first kappa shape index (κ1) is 14.0. The van der Waals surface area contributed by atoms with Gasteiger partial charge in [-0.15, -0.1) is 11.3 Å². The molecule has 1 saturated heterocycles. The van der Waals surface area contributed by atoms with Crippen molar-refractivity contribution in [3.8, 4) is 0 Å². The lowest BCUT2D eigenvalue weighted by Gasteiger charge is -2.36. The number of thiophene rings is 1. The van der Waals surface area contributed by atoms with Gasteiger partial charge < -0.3 is 15.0 Å². The highest BCUT2D eigenvalue weighted by Crippen LogP contribution is 2.32. The van der Waals surface area contributed by atoms with Crippen LogP contribution in [0, 0.1) is 0 Å². The van der Waals surface area contributed by atoms with Gasteiger partial charge in [0.05, 0.1) is 18.8 Å². The molecule has 1 aliphatic heterocycles. The van der Waals surface area contributed by atoms with Crippen LogP contribution in [-0.4, -0.2) is 44.3 Å². The van der Waals surface area contributed by atoms with Crippen LogP contribution in [0.3, 0.4) is 0 Å². The molecule has 20 heavy (non-hydrogen) atoms. The summed E-state index contributed by atoms with van der Waals surface area (Å²) in [5.41, 5.74) is 1.37. The summed E-state index contributed by atoms with van der Waals surface area (Å²) in [4.78, 5) is 2.35. The summed E-state index contributed by atoms with van der Waals surface area (Å²) in [7, 11) is 2.17. The number of ether oxygens (including phenoxy) is 1. The Labute approximate surface area is 124 Å². The lowest BCUT2D eigenvalue weighted by Crippen LogP contribution is -2.46. The van der Waals surface area contributed by atoms with E-state index in [0.717, 1.165) is 26.2 Å². The number of nitrogens with zero attached hydrogens (tertiary/aromatic N) is 1. The minimum atomic E-state index is 0.224. The number of hydrogen-bond acceptors (Lipinski definition) is 4. The van der Waals surface area contributed by atoms with Crippen molar-refractivity contribution in [2.75, 3.05) is 33.3 Å². The van der Waals surface area contributed by atoms with E-state index in [4.69, 9.17) is 4.74 Å². The molecule has 1 N–H and O–H groups in total. The lowest BCUT2D eigenvalue weighted by atomic mass is 9.98. The van der Waals surface area contributed by atoms with Crippen molar-refractivity contribution in [3.05, 3.63) is 35.2 Å². The molecule has 0 radical (unpaired) electrons. The van der Waals surface area contributed by atoms with E-state index in [9.17, 15) is 0 Å². The molecule has 0 aliphatic carbocycles. The highest BCUT2D eigenvalue weighted by Gasteiger charge is 2.28. The molecule has 0 saturated carbocycles.